The monoisotopic (exact) mass is 376 g/mol. The highest BCUT2D eigenvalue weighted by atomic mass is 16.5. The van der Waals surface area contributed by atoms with E-state index < -0.39 is 17.9 Å². The molecule has 1 unspecified atom stereocenters. The molecule has 1 atom stereocenters. The molecule has 0 spiro atoms. The second-order valence-corrected chi connectivity index (χ2v) is 6.82. The molecule has 1 heterocycles. The number of phenolic OH excluding ortho intramolecular Hbond substituents is 1. The van der Waals surface area contributed by atoms with E-state index in [1.165, 1.54) is 14.0 Å². The van der Waals surface area contributed by atoms with Crippen molar-refractivity contribution in [3.8, 4) is 11.5 Å². The molecule has 2 rings (SSSR count). The number of cyclic esters (lactones) is 1. The molecule has 0 bridgehead atoms. The van der Waals surface area contributed by atoms with Crippen LogP contribution in [-0.4, -0.2) is 35.0 Å². The first-order valence-corrected chi connectivity index (χ1v) is 8.63. The summed E-state index contributed by atoms with van der Waals surface area (Å²) in [5, 5.41) is 19.8. The molecule has 0 radical (unpaired) electrons. The van der Waals surface area contributed by atoms with Crippen molar-refractivity contribution in [1.82, 2.24) is 0 Å². The van der Waals surface area contributed by atoms with Crippen LogP contribution in [-0.2, 0) is 27.4 Å². The summed E-state index contributed by atoms with van der Waals surface area (Å²) in [6.45, 7) is 5.04. The highest BCUT2D eigenvalue weighted by Gasteiger charge is 2.31. The number of aromatic hydroxyl groups is 1. The lowest BCUT2D eigenvalue weighted by Crippen LogP contribution is -2.17. The van der Waals surface area contributed by atoms with Gasteiger partial charge in [-0.1, -0.05) is 11.6 Å². The Balaban J connectivity index is 2.31. The van der Waals surface area contributed by atoms with Crippen LogP contribution in [0.5, 0.6) is 11.5 Å². The van der Waals surface area contributed by atoms with Crippen LogP contribution in [0.1, 0.15) is 53.7 Å². The summed E-state index contributed by atoms with van der Waals surface area (Å²) in [6, 6.07) is 0. The SMILES string of the molecule is COc1c(C)c2c(c(O)c1C/C=C(\C)CC(CC(C)=O)C(=O)O)C(=O)OC2. The van der Waals surface area contributed by atoms with E-state index in [2.05, 4.69) is 0 Å². The van der Waals surface area contributed by atoms with Gasteiger partial charge in [0.25, 0.3) is 0 Å². The fraction of sp³-hybridized carbons (Fsp3) is 0.450. The van der Waals surface area contributed by atoms with E-state index in [9.17, 15) is 24.6 Å². The largest absolute Gasteiger partial charge is 0.507 e. The minimum atomic E-state index is -1.02. The van der Waals surface area contributed by atoms with Crippen molar-refractivity contribution in [3.05, 3.63) is 33.9 Å². The van der Waals surface area contributed by atoms with Gasteiger partial charge in [-0.25, -0.2) is 4.79 Å². The highest BCUT2D eigenvalue weighted by molar-refractivity contribution is 5.98. The number of esters is 1. The Hall–Kier alpha value is -2.83. The Kier molecular flexibility index (Phi) is 6.25. The first-order chi connectivity index (χ1) is 12.7. The first kappa shape index (κ1) is 20.5. The number of benzene rings is 1. The number of carbonyl (C=O) groups excluding carboxylic acids is 2. The molecular formula is C20H24O7. The fourth-order valence-electron chi connectivity index (χ4n) is 3.37. The molecule has 2 N–H and O–H groups in total. The number of hydrogen-bond donors (Lipinski definition) is 2. The number of Topliss-reactive ketones (excluding diaryl/α,β-unsaturated/α-hetero) is 1. The molecule has 0 saturated carbocycles. The summed E-state index contributed by atoms with van der Waals surface area (Å²) >= 11 is 0. The Morgan fingerprint density at radius 2 is 1.96 bits per heavy atom. The second kappa shape index (κ2) is 8.24. The number of aliphatic carboxylic acids is 1. The zero-order chi connectivity index (χ0) is 20.3. The maximum atomic E-state index is 11.9. The summed E-state index contributed by atoms with van der Waals surface area (Å²) in [7, 11) is 1.49. The summed E-state index contributed by atoms with van der Waals surface area (Å²) in [5.41, 5.74) is 2.73. The van der Waals surface area contributed by atoms with Gasteiger partial charge in [0.05, 0.1) is 13.0 Å². The van der Waals surface area contributed by atoms with Crippen molar-refractivity contribution in [2.75, 3.05) is 7.11 Å². The lowest BCUT2D eigenvalue weighted by molar-refractivity contribution is -0.143. The number of allylic oxidation sites excluding steroid dienone is 2. The van der Waals surface area contributed by atoms with Crippen LogP contribution in [0.25, 0.3) is 0 Å². The van der Waals surface area contributed by atoms with Crippen molar-refractivity contribution in [2.24, 2.45) is 5.92 Å². The number of methoxy groups -OCH3 is 1. The molecule has 27 heavy (non-hydrogen) atoms. The van der Waals surface area contributed by atoms with Crippen LogP contribution < -0.4 is 4.74 Å². The molecule has 0 aliphatic carbocycles. The van der Waals surface area contributed by atoms with Gasteiger partial charge in [0.1, 0.15) is 29.5 Å². The smallest absolute Gasteiger partial charge is 0.342 e. The summed E-state index contributed by atoms with van der Waals surface area (Å²) in [6.07, 6.45) is 2.23. The van der Waals surface area contributed by atoms with Gasteiger partial charge in [0.15, 0.2) is 0 Å². The minimum absolute atomic E-state index is 0.0289. The molecule has 146 valence electrons. The maximum Gasteiger partial charge on any atom is 0.342 e. The lowest BCUT2D eigenvalue weighted by Gasteiger charge is -2.16. The summed E-state index contributed by atoms with van der Waals surface area (Å²) in [4.78, 5) is 34.5. The molecule has 1 aliphatic heterocycles. The molecular weight excluding hydrogens is 352 g/mol. The van der Waals surface area contributed by atoms with Gasteiger partial charge in [-0.05, 0) is 39.2 Å². The third kappa shape index (κ3) is 4.30. The third-order valence-electron chi connectivity index (χ3n) is 4.75. The van der Waals surface area contributed by atoms with Crippen molar-refractivity contribution < 1.29 is 34.1 Å². The van der Waals surface area contributed by atoms with E-state index in [0.717, 1.165) is 11.1 Å². The molecule has 1 aromatic carbocycles. The number of ether oxygens (including phenoxy) is 2. The number of hydrogen-bond acceptors (Lipinski definition) is 6. The number of phenols is 1. The van der Waals surface area contributed by atoms with Crippen molar-refractivity contribution in [3.63, 3.8) is 0 Å². The van der Waals surface area contributed by atoms with E-state index in [-0.39, 0.29) is 43.0 Å². The van der Waals surface area contributed by atoms with E-state index in [1.807, 2.05) is 0 Å². The molecule has 0 amide bonds. The third-order valence-corrected chi connectivity index (χ3v) is 4.75. The highest BCUT2D eigenvalue weighted by Crippen LogP contribution is 2.42. The van der Waals surface area contributed by atoms with Crippen LogP contribution >= 0.6 is 0 Å². The van der Waals surface area contributed by atoms with E-state index in [1.54, 1.807) is 19.9 Å². The van der Waals surface area contributed by atoms with Crippen molar-refractivity contribution in [1.29, 1.82) is 0 Å². The lowest BCUT2D eigenvalue weighted by atomic mass is 9.92. The molecule has 1 aliphatic rings. The number of fused-ring (bicyclic) bond motifs is 1. The van der Waals surface area contributed by atoms with Gasteiger partial charge in [0, 0.05) is 17.5 Å². The van der Waals surface area contributed by atoms with Gasteiger partial charge < -0.3 is 24.5 Å². The standard InChI is InChI=1S/C20H24O7/c1-10(7-13(19(23)24)8-11(2)21)5-6-14-17(22)16-15(9-27-20(16)25)12(3)18(14)26-4/h5,13,22H,6-9H2,1-4H3,(H,23,24)/b10-5+. The molecule has 0 saturated heterocycles. The van der Waals surface area contributed by atoms with Gasteiger partial charge in [-0.2, -0.15) is 0 Å². The Bertz CT molecular complexity index is 820. The number of rotatable bonds is 8. The number of carbonyl (C=O) groups is 3. The number of ketones is 1. The average molecular weight is 376 g/mol. The quantitative estimate of drug-likeness (QED) is 0.530. The first-order valence-electron chi connectivity index (χ1n) is 8.63. The normalized spacial score (nSPS) is 14.5. The van der Waals surface area contributed by atoms with Crippen LogP contribution in [0, 0.1) is 12.8 Å². The van der Waals surface area contributed by atoms with E-state index in [4.69, 9.17) is 9.47 Å². The van der Waals surface area contributed by atoms with Crippen LogP contribution in [0.15, 0.2) is 11.6 Å². The fourth-order valence-corrected chi connectivity index (χ4v) is 3.37. The van der Waals surface area contributed by atoms with Crippen molar-refractivity contribution >= 4 is 17.7 Å². The van der Waals surface area contributed by atoms with E-state index >= 15 is 0 Å². The molecule has 7 heteroatoms. The van der Waals surface area contributed by atoms with Gasteiger partial charge in [-0.3, -0.25) is 4.79 Å². The Morgan fingerprint density at radius 1 is 1.30 bits per heavy atom. The predicted molar refractivity (Wildman–Crippen MR) is 97.0 cm³/mol. The Morgan fingerprint density at radius 3 is 2.52 bits per heavy atom. The Labute approximate surface area is 157 Å². The van der Waals surface area contributed by atoms with Gasteiger partial charge in [0.2, 0.25) is 0 Å². The maximum absolute atomic E-state index is 11.9. The molecule has 0 fully saturated rings. The zero-order valence-electron chi connectivity index (χ0n) is 15.9. The van der Waals surface area contributed by atoms with Gasteiger partial charge >= 0.3 is 11.9 Å². The van der Waals surface area contributed by atoms with Crippen LogP contribution in [0.2, 0.25) is 0 Å². The zero-order valence-corrected chi connectivity index (χ0v) is 15.9. The number of carboxylic acids is 1. The van der Waals surface area contributed by atoms with Gasteiger partial charge in [-0.15, -0.1) is 0 Å². The van der Waals surface area contributed by atoms with Crippen LogP contribution in [0.4, 0.5) is 0 Å². The van der Waals surface area contributed by atoms with Crippen molar-refractivity contribution in [2.45, 2.75) is 46.6 Å². The topological polar surface area (TPSA) is 110 Å². The van der Waals surface area contributed by atoms with E-state index in [0.29, 0.717) is 16.9 Å². The summed E-state index contributed by atoms with van der Waals surface area (Å²) < 4.78 is 10.4. The average Bonchev–Trinajstić information content (AvgIpc) is 2.97. The minimum Gasteiger partial charge on any atom is -0.507 e. The second-order valence-electron chi connectivity index (χ2n) is 6.82. The molecule has 0 aromatic heterocycles. The van der Waals surface area contributed by atoms with Crippen LogP contribution in [0.3, 0.4) is 0 Å². The molecule has 7 nitrogen and oxygen atoms in total. The summed E-state index contributed by atoms with van der Waals surface area (Å²) in [5.74, 6) is -2.24. The predicted octanol–water partition coefficient (Wildman–Crippen LogP) is 2.94. The molecule has 1 aromatic rings. The number of carboxylic acid groups (broad SMARTS) is 1.